The van der Waals surface area contributed by atoms with Gasteiger partial charge in [-0.2, -0.15) is 0 Å². The first-order chi connectivity index (χ1) is 18.5. The van der Waals surface area contributed by atoms with Crippen LogP contribution in [-0.4, -0.2) is 44.4 Å². The molecule has 8 nitrogen and oxygen atoms in total. The fourth-order valence-electron chi connectivity index (χ4n) is 4.16. The number of benzene rings is 3. The molecule has 4 rings (SSSR count). The number of ether oxygens (including phenoxy) is 4. The molecule has 0 aliphatic carbocycles. The number of aromatic nitrogens is 1. The second-order valence-electron chi connectivity index (χ2n) is 8.35. The van der Waals surface area contributed by atoms with Gasteiger partial charge < -0.3 is 28.8 Å². The molecule has 1 N–H and O–H groups in total. The van der Waals surface area contributed by atoms with Gasteiger partial charge in [0, 0.05) is 23.9 Å². The highest BCUT2D eigenvalue weighted by molar-refractivity contribution is 6.11. The normalized spacial score (nSPS) is 10.5. The number of nitrogens with zero attached hydrogens (tertiary/aromatic N) is 1. The van der Waals surface area contributed by atoms with Crippen LogP contribution in [0.2, 0.25) is 0 Å². The lowest BCUT2D eigenvalue weighted by atomic mass is 10.1. The monoisotopic (exact) mass is 514 g/mol. The molecule has 0 fully saturated rings. The van der Waals surface area contributed by atoms with Gasteiger partial charge in [0.1, 0.15) is 5.75 Å². The Morgan fingerprint density at radius 3 is 2.18 bits per heavy atom. The second kappa shape index (κ2) is 12.0. The number of methoxy groups -OCH3 is 3. The summed E-state index contributed by atoms with van der Waals surface area (Å²) in [6.07, 6.45) is 1.85. The molecule has 4 aromatic rings. The predicted molar refractivity (Wildman–Crippen MR) is 145 cm³/mol. The van der Waals surface area contributed by atoms with Crippen molar-refractivity contribution < 1.29 is 28.5 Å². The molecule has 0 saturated heterocycles. The van der Waals surface area contributed by atoms with Crippen LogP contribution in [0, 0.1) is 0 Å². The van der Waals surface area contributed by atoms with Crippen molar-refractivity contribution >= 4 is 17.6 Å². The molecule has 0 bridgehead atoms. The molecule has 0 saturated carbocycles. The highest BCUT2D eigenvalue weighted by Gasteiger charge is 2.26. The molecular formula is C30H30N2O6. The Kier molecular flexibility index (Phi) is 8.33. The molecule has 0 spiro atoms. The average molecular weight is 515 g/mol. The maximum Gasteiger partial charge on any atom is 0.357 e. The van der Waals surface area contributed by atoms with Crippen LogP contribution >= 0.6 is 0 Å². The fourth-order valence-corrected chi connectivity index (χ4v) is 4.16. The van der Waals surface area contributed by atoms with Gasteiger partial charge in [-0.1, -0.05) is 42.5 Å². The predicted octanol–water partition coefficient (Wildman–Crippen LogP) is 5.66. The average Bonchev–Trinajstić information content (AvgIpc) is 3.30. The lowest BCUT2D eigenvalue weighted by molar-refractivity contribution is 0.0515. The first-order valence-electron chi connectivity index (χ1n) is 12.1. The van der Waals surface area contributed by atoms with Crippen molar-refractivity contribution in [1.29, 1.82) is 0 Å². The van der Waals surface area contributed by atoms with Gasteiger partial charge in [-0.3, -0.25) is 4.79 Å². The van der Waals surface area contributed by atoms with Gasteiger partial charge in [0.2, 0.25) is 0 Å². The van der Waals surface area contributed by atoms with Crippen molar-refractivity contribution in [2.75, 3.05) is 33.3 Å². The zero-order valence-corrected chi connectivity index (χ0v) is 21.8. The minimum atomic E-state index is -0.536. The molecular weight excluding hydrogens is 484 g/mol. The summed E-state index contributed by atoms with van der Waals surface area (Å²) < 4.78 is 23.2. The van der Waals surface area contributed by atoms with Crippen LogP contribution in [0.15, 0.2) is 79.0 Å². The summed E-state index contributed by atoms with van der Waals surface area (Å²) in [4.78, 5) is 26.7. The number of anilines is 1. The first-order valence-corrected chi connectivity index (χ1v) is 12.1. The Hall–Kier alpha value is -4.72. The molecule has 38 heavy (non-hydrogen) atoms. The van der Waals surface area contributed by atoms with E-state index in [2.05, 4.69) is 5.32 Å². The number of hydrogen-bond acceptors (Lipinski definition) is 6. The van der Waals surface area contributed by atoms with E-state index in [4.69, 9.17) is 18.9 Å². The third-order valence-corrected chi connectivity index (χ3v) is 6.03. The van der Waals surface area contributed by atoms with Crippen molar-refractivity contribution in [3.05, 3.63) is 95.8 Å². The van der Waals surface area contributed by atoms with E-state index < -0.39 is 11.9 Å². The highest BCUT2D eigenvalue weighted by atomic mass is 16.5. The second-order valence-corrected chi connectivity index (χ2v) is 8.35. The van der Waals surface area contributed by atoms with E-state index in [9.17, 15) is 9.59 Å². The Morgan fingerprint density at radius 1 is 0.842 bits per heavy atom. The zero-order valence-electron chi connectivity index (χ0n) is 21.8. The molecule has 0 radical (unpaired) electrons. The molecule has 0 atom stereocenters. The van der Waals surface area contributed by atoms with Crippen molar-refractivity contribution in [2.24, 2.45) is 0 Å². The number of carbonyl (C=O) groups excluding carboxylic acids is 2. The number of esters is 1. The lowest BCUT2D eigenvalue weighted by Crippen LogP contribution is -2.18. The molecule has 3 aromatic carbocycles. The van der Waals surface area contributed by atoms with Crippen molar-refractivity contribution in [1.82, 2.24) is 4.57 Å². The lowest BCUT2D eigenvalue weighted by Gasteiger charge is -2.13. The number of hydrogen-bond donors (Lipinski definition) is 1. The van der Waals surface area contributed by atoms with E-state index in [0.29, 0.717) is 40.6 Å². The minimum absolute atomic E-state index is 0.191. The summed E-state index contributed by atoms with van der Waals surface area (Å²) in [5.41, 5.74) is 3.40. The summed E-state index contributed by atoms with van der Waals surface area (Å²) >= 11 is 0. The van der Waals surface area contributed by atoms with Gasteiger partial charge in [-0.05, 0) is 48.4 Å². The molecule has 1 aromatic heterocycles. The number of carbonyl (C=O) groups is 2. The summed E-state index contributed by atoms with van der Waals surface area (Å²) in [7, 11) is 4.63. The Bertz CT molecular complexity index is 1410. The van der Waals surface area contributed by atoms with Crippen molar-refractivity contribution in [3.63, 3.8) is 0 Å². The van der Waals surface area contributed by atoms with E-state index in [1.165, 1.54) is 14.2 Å². The Balaban J connectivity index is 1.84. The highest BCUT2D eigenvalue weighted by Crippen LogP contribution is 2.36. The van der Waals surface area contributed by atoms with Crippen LogP contribution < -0.4 is 19.5 Å². The number of nitrogens with one attached hydrogen (secondary N) is 1. The summed E-state index contributed by atoms with van der Waals surface area (Å²) in [6, 6.07) is 22.1. The smallest absolute Gasteiger partial charge is 0.357 e. The molecule has 196 valence electrons. The topological polar surface area (TPSA) is 88.0 Å². The summed E-state index contributed by atoms with van der Waals surface area (Å²) in [6.45, 7) is 2.34. The standard InChI is InChI=1S/C30H30N2O6/c1-5-38-30(34)28-27(31-29(33)22-13-16-25(36-3)26(17-22)37-4)24(21-11-14-23(35-2)15-12-21)19-32(28)18-20-9-7-6-8-10-20/h6-17,19H,5,18H2,1-4H3,(H,31,33). The van der Waals surface area contributed by atoms with Crippen LogP contribution in [0.3, 0.4) is 0 Å². The largest absolute Gasteiger partial charge is 0.497 e. The van der Waals surface area contributed by atoms with Crippen molar-refractivity contribution in [2.45, 2.75) is 13.5 Å². The number of amides is 1. The zero-order chi connectivity index (χ0) is 27.1. The first kappa shape index (κ1) is 26.3. The molecule has 1 amide bonds. The maximum atomic E-state index is 13.5. The molecule has 0 unspecified atom stereocenters. The van der Waals surface area contributed by atoms with Gasteiger partial charge in [0.25, 0.3) is 5.91 Å². The summed E-state index contributed by atoms with van der Waals surface area (Å²) in [5.74, 6) is 0.667. The van der Waals surface area contributed by atoms with Crippen LogP contribution in [0.4, 0.5) is 5.69 Å². The van der Waals surface area contributed by atoms with Gasteiger partial charge in [0.15, 0.2) is 17.2 Å². The van der Waals surface area contributed by atoms with Gasteiger partial charge in [-0.25, -0.2) is 4.79 Å². The number of rotatable bonds is 10. The van der Waals surface area contributed by atoms with Crippen molar-refractivity contribution in [3.8, 4) is 28.4 Å². The van der Waals surface area contributed by atoms with Crippen LogP contribution in [0.5, 0.6) is 17.2 Å². The third kappa shape index (κ3) is 5.64. The fraction of sp³-hybridized carbons (Fsp3) is 0.200. The van der Waals surface area contributed by atoms with Gasteiger partial charge >= 0.3 is 5.97 Å². The van der Waals surface area contributed by atoms with E-state index in [0.717, 1.165) is 11.1 Å². The quantitative estimate of drug-likeness (QED) is 0.275. The van der Waals surface area contributed by atoms with Crippen LogP contribution in [0.1, 0.15) is 33.3 Å². The Morgan fingerprint density at radius 2 is 1.55 bits per heavy atom. The van der Waals surface area contributed by atoms with E-state index in [-0.39, 0.29) is 12.3 Å². The molecule has 0 aliphatic heterocycles. The SMILES string of the molecule is CCOC(=O)c1c(NC(=O)c2ccc(OC)c(OC)c2)c(-c2ccc(OC)cc2)cn1Cc1ccccc1. The maximum absolute atomic E-state index is 13.5. The van der Waals surface area contributed by atoms with E-state index in [1.807, 2.05) is 60.8 Å². The molecule has 8 heteroatoms. The van der Waals surface area contributed by atoms with Gasteiger partial charge in [0.05, 0.1) is 33.6 Å². The van der Waals surface area contributed by atoms with Crippen LogP contribution in [0.25, 0.3) is 11.1 Å². The molecule has 1 heterocycles. The minimum Gasteiger partial charge on any atom is -0.497 e. The van der Waals surface area contributed by atoms with Gasteiger partial charge in [-0.15, -0.1) is 0 Å². The summed E-state index contributed by atoms with van der Waals surface area (Å²) in [5, 5.41) is 2.97. The van der Waals surface area contributed by atoms with E-state index in [1.54, 1.807) is 36.8 Å². The molecule has 0 aliphatic rings. The van der Waals surface area contributed by atoms with Crippen LogP contribution in [-0.2, 0) is 11.3 Å². The third-order valence-electron chi connectivity index (χ3n) is 6.03. The Labute approximate surface area is 221 Å². The van der Waals surface area contributed by atoms with E-state index >= 15 is 0 Å².